The number of fused-ring (bicyclic) bond motifs is 10. The molecule has 9 rings (SSSR count). The van der Waals surface area contributed by atoms with Crippen LogP contribution in [-0.2, 0) is 0 Å². The van der Waals surface area contributed by atoms with Gasteiger partial charge in [0.1, 0.15) is 0 Å². The lowest BCUT2D eigenvalue weighted by atomic mass is 9.94. The number of hydrogen-bond donors (Lipinski definition) is 0. The molecule has 0 N–H and O–H groups in total. The van der Waals surface area contributed by atoms with Crippen LogP contribution in [0.1, 0.15) is 0 Å². The normalized spacial score (nSPS) is 11.9. The summed E-state index contributed by atoms with van der Waals surface area (Å²) in [6.07, 6.45) is 0. The molecule has 2 nitrogen and oxygen atoms in total. The van der Waals surface area contributed by atoms with E-state index in [0.717, 1.165) is 38.9 Å². The van der Waals surface area contributed by atoms with Crippen LogP contribution in [0.25, 0.3) is 86.0 Å². The highest BCUT2D eigenvalue weighted by Crippen LogP contribution is 2.45. The standard InChI is InChI=1S/C38H22N2S/c1-2-11-24(12-3-1)35-31-19-18-23-10-4-7-15-27(23)36(31)40-38(39-35)32-22-25-13-5-6-14-26(25)29-20-21-30-28-16-8-9-17-33(28)41-37(30)34(29)32/h1-22H. The molecule has 9 aromatic rings. The van der Waals surface area contributed by atoms with Crippen LogP contribution >= 0.6 is 11.3 Å². The third kappa shape index (κ3) is 3.36. The summed E-state index contributed by atoms with van der Waals surface area (Å²) in [7, 11) is 0. The molecule has 0 atom stereocenters. The predicted octanol–water partition coefficient (Wildman–Crippen LogP) is 10.8. The summed E-state index contributed by atoms with van der Waals surface area (Å²) in [6.45, 7) is 0. The summed E-state index contributed by atoms with van der Waals surface area (Å²) in [4.78, 5) is 10.7. The van der Waals surface area contributed by atoms with Crippen LogP contribution in [0, 0.1) is 0 Å². The fourth-order valence-electron chi connectivity index (χ4n) is 6.35. The van der Waals surface area contributed by atoms with E-state index in [2.05, 4.69) is 133 Å². The summed E-state index contributed by atoms with van der Waals surface area (Å²) in [5.41, 5.74) is 4.11. The molecule has 0 saturated carbocycles. The zero-order valence-electron chi connectivity index (χ0n) is 22.0. The molecule has 2 aromatic heterocycles. The minimum Gasteiger partial charge on any atom is -0.227 e. The van der Waals surface area contributed by atoms with Gasteiger partial charge >= 0.3 is 0 Å². The molecule has 0 aliphatic heterocycles. The molecule has 3 heteroatoms. The Bertz CT molecular complexity index is 2470. The Balaban J connectivity index is 1.49. The number of benzene rings is 7. The predicted molar refractivity (Wildman–Crippen MR) is 176 cm³/mol. The molecule has 41 heavy (non-hydrogen) atoms. The fourth-order valence-corrected chi connectivity index (χ4v) is 7.62. The van der Waals surface area contributed by atoms with Crippen LogP contribution in [0.3, 0.4) is 0 Å². The van der Waals surface area contributed by atoms with Gasteiger partial charge in [0.2, 0.25) is 0 Å². The molecule has 0 amide bonds. The lowest BCUT2D eigenvalue weighted by Crippen LogP contribution is -1.97. The average molecular weight is 539 g/mol. The van der Waals surface area contributed by atoms with Gasteiger partial charge in [-0.15, -0.1) is 11.3 Å². The van der Waals surface area contributed by atoms with Crippen molar-refractivity contribution in [3.8, 4) is 22.6 Å². The van der Waals surface area contributed by atoms with E-state index in [1.165, 1.54) is 47.1 Å². The van der Waals surface area contributed by atoms with Gasteiger partial charge in [0, 0.05) is 47.5 Å². The fraction of sp³-hybridized carbons (Fsp3) is 0. The third-order valence-electron chi connectivity index (χ3n) is 8.25. The molecule has 0 aliphatic carbocycles. The smallest absolute Gasteiger partial charge is 0.161 e. The Morgan fingerprint density at radius 1 is 0.463 bits per heavy atom. The Labute approximate surface area is 240 Å². The monoisotopic (exact) mass is 538 g/mol. The maximum Gasteiger partial charge on any atom is 0.161 e. The van der Waals surface area contributed by atoms with Crippen molar-refractivity contribution in [1.82, 2.24) is 9.97 Å². The molecule has 0 unspecified atom stereocenters. The number of thiophene rings is 1. The molecular formula is C38H22N2S. The van der Waals surface area contributed by atoms with Gasteiger partial charge in [0.05, 0.1) is 11.2 Å². The largest absolute Gasteiger partial charge is 0.227 e. The number of aromatic nitrogens is 2. The highest BCUT2D eigenvalue weighted by molar-refractivity contribution is 7.26. The molecular weight excluding hydrogens is 516 g/mol. The molecule has 0 spiro atoms. The van der Waals surface area contributed by atoms with E-state index < -0.39 is 0 Å². The second-order valence-corrected chi connectivity index (χ2v) is 11.6. The van der Waals surface area contributed by atoms with Crippen LogP contribution in [0.5, 0.6) is 0 Å². The quantitative estimate of drug-likeness (QED) is 0.205. The van der Waals surface area contributed by atoms with E-state index in [1.807, 2.05) is 11.3 Å². The first-order valence-corrected chi connectivity index (χ1v) is 14.7. The Hall–Kier alpha value is -5.12. The zero-order valence-corrected chi connectivity index (χ0v) is 22.8. The van der Waals surface area contributed by atoms with Gasteiger partial charge in [0.25, 0.3) is 0 Å². The lowest BCUT2D eigenvalue weighted by Gasteiger charge is -2.14. The highest BCUT2D eigenvalue weighted by atomic mass is 32.1. The van der Waals surface area contributed by atoms with Crippen molar-refractivity contribution >= 4 is 74.7 Å². The van der Waals surface area contributed by atoms with Crippen LogP contribution in [0.15, 0.2) is 133 Å². The van der Waals surface area contributed by atoms with Crippen molar-refractivity contribution in [2.45, 2.75) is 0 Å². The molecule has 0 fully saturated rings. The van der Waals surface area contributed by atoms with Crippen molar-refractivity contribution in [2.75, 3.05) is 0 Å². The molecule has 0 aliphatic rings. The SMILES string of the molecule is c1ccc(-c2nc(-c3cc4ccccc4c4ccc5c6ccccc6sc5c34)nc3c2ccc2ccccc23)cc1. The second-order valence-electron chi connectivity index (χ2n) is 10.6. The van der Waals surface area contributed by atoms with Gasteiger partial charge in [-0.1, -0.05) is 115 Å². The average Bonchev–Trinajstić information content (AvgIpc) is 3.43. The molecule has 0 radical (unpaired) electrons. The number of nitrogens with zero attached hydrogens (tertiary/aromatic N) is 2. The van der Waals surface area contributed by atoms with Crippen molar-refractivity contribution in [3.05, 3.63) is 133 Å². The summed E-state index contributed by atoms with van der Waals surface area (Å²) >= 11 is 1.86. The summed E-state index contributed by atoms with van der Waals surface area (Å²) in [6, 6.07) is 47.6. The minimum absolute atomic E-state index is 0.758. The first-order chi connectivity index (χ1) is 20.3. The highest BCUT2D eigenvalue weighted by Gasteiger charge is 2.19. The number of rotatable bonds is 2. The van der Waals surface area contributed by atoms with Gasteiger partial charge < -0.3 is 0 Å². The van der Waals surface area contributed by atoms with E-state index in [4.69, 9.17) is 9.97 Å². The summed E-state index contributed by atoms with van der Waals surface area (Å²) in [5, 5.41) is 10.9. The molecule has 7 aromatic carbocycles. The second kappa shape index (κ2) is 8.69. The summed E-state index contributed by atoms with van der Waals surface area (Å²) in [5.74, 6) is 0.758. The van der Waals surface area contributed by atoms with Gasteiger partial charge in [-0.3, -0.25) is 0 Å². The van der Waals surface area contributed by atoms with E-state index in [0.29, 0.717) is 0 Å². The van der Waals surface area contributed by atoms with E-state index in [-0.39, 0.29) is 0 Å². The molecule has 0 saturated heterocycles. The maximum atomic E-state index is 5.37. The van der Waals surface area contributed by atoms with Crippen LogP contribution in [0.4, 0.5) is 0 Å². The molecule has 190 valence electrons. The van der Waals surface area contributed by atoms with Gasteiger partial charge in [-0.25, -0.2) is 9.97 Å². The van der Waals surface area contributed by atoms with Crippen LogP contribution < -0.4 is 0 Å². The van der Waals surface area contributed by atoms with Crippen molar-refractivity contribution in [3.63, 3.8) is 0 Å². The topological polar surface area (TPSA) is 25.8 Å². The summed E-state index contributed by atoms with van der Waals surface area (Å²) < 4.78 is 2.58. The van der Waals surface area contributed by atoms with Crippen molar-refractivity contribution in [1.29, 1.82) is 0 Å². The van der Waals surface area contributed by atoms with Gasteiger partial charge in [-0.2, -0.15) is 0 Å². The first kappa shape index (κ1) is 22.7. The van der Waals surface area contributed by atoms with E-state index >= 15 is 0 Å². The van der Waals surface area contributed by atoms with Crippen molar-refractivity contribution in [2.24, 2.45) is 0 Å². The lowest BCUT2D eigenvalue weighted by molar-refractivity contribution is 1.24. The van der Waals surface area contributed by atoms with E-state index in [9.17, 15) is 0 Å². The number of hydrogen-bond acceptors (Lipinski definition) is 3. The Kier molecular flexibility index (Phi) is 4.80. The molecule has 2 heterocycles. The van der Waals surface area contributed by atoms with Gasteiger partial charge in [0.15, 0.2) is 5.82 Å². The zero-order chi connectivity index (χ0) is 26.9. The van der Waals surface area contributed by atoms with Crippen molar-refractivity contribution < 1.29 is 0 Å². The minimum atomic E-state index is 0.758. The van der Waals surface area contributed by atoms with Gasteiger partial charge in [-0.05, 0) is 39.7 Å². The maximum absolute atomic E-state index is 5.37. The van der Waals surface area contributed by atoms with Crippen LogP contribution in [0.2, 0.25) is 0 Å². The Morgan fingerprint density at radius 3 is 2.02 bits per heavy atom. The third-order valence-corrected chi connectivity index (χ3v) is 9.45. The molecule has 0 bridgehead atoms. The Morgan fingerprint density at radius 2 is 1.15 bits per heavy atom. The first-order valence-electron chi connectivity index (χ1n) is 13.8. The van der Waals surface area contributed by atoms with Crippen LogP contribution in [-0.4, -0.2) is 9.97 Å². The van der Waals surface area contributed by atoms with E-state index in [1.54, 1.807) is 0 Å².